The van der Waals surface area contributed by atoms with E-state index in [9.17, 15) is 9.18 Å². The smallest absolute Gasteiger partial charge is 0.325 e. The number of alkyl halides is 1. The highest BCUT2D eigenvalue weighted by atomic mass is 32.2. The molecule has 0 bridgehead atoms. The Morgan fingerprint density at radius 3 is 2.64 bits per heavy atom. The molecular weight excluding hydrogens is 205 g/mol. The van der Waals surface area contributed by atoms with Crippen LogP contribution in [0.5, 0.6) is 0 Å². The third kappa shape index (κ3) is 2.85. The molecule has 1 heterocycles. The summed E-state index contributed by atoms with van der Waals surface area (Å²) >= 11 is 1.82. The number of halogens is 1. The van der Waals surface area contributed by atoms with Gasteiger partial charge in [-0.05, 0) is 30.3 Å². The third-order valence-corrected chi connectivity index (χ3v) is 3.58. The number of hydrogen-bond donors (Lipinski definition) is 1. The second-order valence-electron chi connectivity index (χ2n) is 3.44. The fourth-order valence-electron chi connectivity index (χ4n) is 1.59. The highest BCUT2D eigenvalue weighted by Crippen LogP contribution is 2.28. The molecule has 0 amide bonds. The minimum atomic E-state index is -1.26. The van der Waals surface area contributed by atoms with Gasteiger partial charge in [0.2, 0.25) is 0 Å². The van der Waals surface area contributed by atoms with Gasteiger partial charge in [-0.1, -0.05) is 0 Å². The van der Waals surface area contributed by atoms with E-state index in [2.05, 4.69) is 4.74 Å². The predicted octanol–water partition coefficient (Wildman–Crippen LogP) is 0.968. The van der Waals surface area contributed by atoms with Crippen molar-refractivity contribution in [2.24, 2.45) is 11.7 Å². The first-order chi connectivity index (χ1) is 6.66. The van der Waals surface area contributed by atoms with Gasteiger partial charge in [-0.2, -0.15) is 11.8 Å². The molecule has 2 atom stereocenters. The lowest BCUT2D eigenvalue weighted by molar-refractivity contribution is -0.144. The van der Waals surface area contributed by atoms with Crippen LogP contribution in [-0.2, 0) is 9.53 Å². The molecule has 0 radical (unpaired) electrons. The van der Waals surface area contributed by atoms with Crippen LogP contribution >= 0.6 is 11.8 Å². The summed E-state index contributed by atoms with van der Waals surface area (Å²) < 4.78 is 18.1. The molecule has 1 aliphatic rings. The number of esters is 1. The molecule has 14 heavy (non-hydrogen) atoms. The maximum absolute atomic E-state index is 13.7. The Morgan fingerprint density at radius 2 is 2.14 bits per heavy atom. The summed E-state index contributed by atoms with van der Waals surface area (Å²) in [6.45, 7) is 0. The average Bonchev–Trinajstić information content (AvgIpc) is 2.27. The minimum Gasteiger partial charge on any atom is -0.468 e. The Hall–Kier alpha value is -0.290. The van der Waals surface area contributed by atoms with Crippen LogP contribution in [0.2, 0.25) is 0 Å². The lowest BCUT2D eigenvalue weighted by Gasteiger charge is -2.27. The number of carbonyl (C=O) groups excluding carboxylic acids is 1. The van der Waals surface area contributed by atoms with Crippen LogP contribution in [0.25, 0.3) is 0 Å². The predicted molar refractivity (Wildman–Crippen MR) is 54.9 cm³/mol. The maximum Gasteiger partial charge on any atom is 0.325 e. The molecule has 1 fully saturated rings. The van der Waals surface area contributed by atoms with Gasteiger partial charge in [-0.3, -0.25) is 4.79 Å². The van der Waals surface area contributed by atoms with Crippen molar-refractivity contribution in [3.8, 4) is 0 Å². The van der Waals surface area contributed by atoms with Gasteiger partial charge in [-0.15, -0.1) is 0 Å². The lowest BCUT2D eigenvalue weighted by atomic mass is 9.92. The number of nitrogens with two attached hydrogens (primary N) is 1. The van der Waals surface area contributed by atoms with Gasteiger partial charge in [0.05, 0.1) is 7.11 Å². The standard InChI is InChI=1S/C9H16FNO2S/c1-13-9(12)8(11)7(10)6-2-4-14-5-3-6/h6-8H,2-5,11H2,1H3. The molecule has 5 heteroatoms. The molecule has 1 aliphatic heterocycles. The molecule has 0 aromatic carbocycles. The number of ether oxygens (including phenoxy) is 1. The molecule has 0 aromatic rings. The van der Waals surface area contributed by atoms with E-state index in [1.807, 2.05) is 11.8 Å². The van der Waals surface area contributed by atoms with Gasteiger partial charge in [0, 0.05) is 0 Å². The van der Waals surface area contributed by atoms with Crippen LogP contribution in [0.1, 0.15) is 12.8 Å². The molecule has 0 aromatic heterocycles. The summed E-state index contributed by atoms with van der Waals surface area (Å²) in [6, 6.07) is -1.12. The van der Waals surface area contributed by atoms with Crippen LogP contribution < -0.4 is 5.73 Å². The fourth-order valence-corrected chi connectivity index (χ4v) is 2.74. The Bertz CT molecular complexity index is 197. The minimum absolute atomic E-state index is 0.0784. The summed E-state index contributed by atoms with van der Waals surface area (Å²) in [6.07, 6.45) is 0.343. The van der Waals surface area contributed by atoms with Gasteiger partial charge in [0.25, 0.3) is 0 Å². The molecule has 2 N–H and O–H groups in total. The topological polar surface area (TPSA) is 52.3 Å². The van der Waals surface area contributed by atoms with Crippen LogP contribution in [0, 0.1) is 5.92 Å². The number of hydrogen-bond acceptors (Lipinski definition) is 4. The molecule has 82 valence electrons. The molecule has 0 spiro atoms. The molecule has 0 saturated carbocycles. The first kappa shape index (κ1) is 11.8. The zero-order valence-corrected chi connectivity index (χ0v) is 9.06. The van der Waals surface area contributed by atoms with Crippen molar-refractivity contribution in [2.45, 2.75) is 25.1 Å². The fraction of sp³-hybridized carbons (Fsp3) is 0.889. The number of thioether (sulfide) groups is 1. The summed E-state index contributed by atoms with van der Waals surface area (Å²) in [5.41, 5.74) is 5.45. The molecule has 3 nitrogen and oxygen atoms in total. The first-order valence-electron chi connectivity index (χ1n) is 4.72. The lowest BCUT2D eigenvalue weighted by Crippen LogP contribution is -2.44. The van der Waals surface area contributed by atoms with Gasteiger partial charge < -0.3 is 10.5 Å². The van der Waals surface area contributed by atoms with Crippen LogP contribution in [0.15, 0.2) is 0 Å². The number of methoxy groups -OCH3 is 1. The van der Waals surface area contributed by atoms with Crippen LogP contribution in [0.4, 0.5) is 4.39 Å². The van der Waals surface area contributed by atoms with E-state index in [-0.39, 0.29) is 5.92 Å². The van der Waals surface area contributed by atoms with E-state index in [1.165, 1.54) is 7.11 Å². The van der Waals surface area contributed by atoms with Crippen molar-refractivity contribution >= 4 is 17.7 Å². The largest absolute Gasteiger partial charge is 0.468 e. The highest BCUT2D eigenvalue weighted by Gasteiger charge is 2.33. The van der Waals surface area contributed by atoms with Crippen LogP contribution in [-0.4, -0.2) is 36.8 Å². The van der Waals surface area contributed by atoms with Crippen molar-refractivity contribution in [1.29, 1.82) is 0 Å². The van der Waals surface area contributed by atoms with Gasteiger partial charge >= 0.3 is 5.97 Å². The maximum atomic E-state index is 13.7. The van der Waals surface area contributed by atoms with E-state index in [4.69, 9.17) is 5.73 Å². The number of rotatable bonds is 3. The van der Waals surface area contributed by atoms with E-state index < -0.39 is 18.2 Å². The third-order valence-electron chi connectivity index (χ3n) is 2.53. The van der Waals surface area contributed by atoms with E-state index >= 15 is 0 Å². The monoisotopic (exact) mass is 221 g/mol. The van der Waals surface area contributed by atoms with Crippen molar-refractivity contribution in [3.63, 3.8) is 0 Å². The van der Waals surface area contributed by atoms with Crippen molar-refractivity contribution in [1.82, 2.24) is 0 Å². The summed E-state index contributed by atoms with van der Waals surface area (Å²) in [5.74, 6) is 1.18. The zero-order chi connectivity index (χ0) is 10.6. The van der Waals surface area contributed by atoms with Crippen molar-refractivity contribution in [2.75, 3.05) is 18.6 Å². The Kier molecular flexibility index (Phi) is 4.68. The summed E-state index contributed by atoms with van der Waals surface area (Å²) in [5, 5.41) is 0. The van der Waals surface area contributed by atoms with Crippen molar-refractivity contribution < 1.29 is 13.9 Å². The highest BCUT2D eigenvalue weighted by molar-refractivity contribution is 7.99. The average molecular weight is 221 g/mol. The molecule has 1 rings (SSSR count). The summed E-state index contributed by atoms with van der Waals surface area (Å²) in [4.78, 5) is 11.0. The van der Waals surface area contributed by atoms with Gasteiger partial charge in [0.15, 0.2) is 0 Å². The van der Waals surface area contributed by atoms with E-state index in [0.29, 0.717) is 0 Å². The molecular formula is C9H16FNO2S. The van der Waals surface area contributed by atoms with Gasteiger partial charge in [0.1, 0.15) is 12.2 Å². The first-order valence-corrected chi connectivity index (χ1v) is 5.87. The second-order valence-corrected chi connectivity index (χ2v) is 4.67. The number of carbonyl (C=O) groups is 1. The Labute approximate surface area is 87.6 Å². The quantitative estimate of drug-likeness (QED) is 0.721. The zero-order valence-electron chi connectivity index (χ0n) is 8.24. The molecule has 0 aliphatic carbocycles. The van der Waals surface area contributed by atoms with Crippen LogP contribution in [0.3, 0.4) is 0 Å². The Morgan fingerprint density at radius 1 is 1.57 bits per heavy atom. The van der Waals surface area contributed by atoms with Crippen molar-refractivity contribution in [3.05, 3.63) is 0 Å². The SMILES string of the molecule is COC(=O)C(N)C(F)C1CCSCC1. The van der Waals surface area contributed by atoms with E-state index in [0.717, 1.165) is 24.3 Å². The molecule has 1 saturated heterocycles. The summed E-state index contributed by atoms with van der Waals surface area (Å²) in [7, 11) is 1.23. The van der Waals surface area contributed by atoms with Gasteiger partial charge in [-0.25, -0.2) is 4.39 Å². The van der Waals surface area contributed by atoms with E-state index in [1.54, 1.807) is 0 Å². The Balaban J connectivity index is 2.45. The normalized spacial score (nSPS) is 22.8. The molecule has 2 unspecified atom stereocenters. The second kappa shape index (κ2) is 5.56.